The number of nitrogens with one attached hydrogen (secondary N) is 1. The average molecular weight is 335 g/mol. The Morgan fingerprint density at radius 1 is 1.39 bits per heavy atom. The molecule has 1 aromatic rings. The number of esters is 1. The fourth-order valence-electron chi connectivity index (χ4n) is 1.56. The molecule has 23 heavy (non-hydrogen) atoms. The Bertz CT molecular complexity index is 727. The lowest BCUT2D eigenvalue weighted by Gasteiger charge is -2.02. The van der Waals surface area contributed by atoms with Gasteiger partial charge >= 0.3 is 5.97 Å². The van der Waals surface area contributed by atoms with Gasteiger partial charge in [0, 0.05) is 6.08 Å². The number of nitrogens with zero attached hydrogens (tertiary/aromatic N) is 2. The summed E-state index contributed by atoms with van der Waals surface area (Å²) in [5.74, 6) is -0.732. The molecule has 1 amide bonds. The molecule has 1 saturated heterocycles. The van der Waals surface area contributed by atoms with Crippen molar-refractivity contribution in [2.45, 2.75) is 0 Å². The minimum atomic E-state index is -0.622. The van der Waals surface area contributed by atoms with Crippen LogP contribution in [-0.2, 0) is 14.3 Å². The van der Waals surface area contributed by atoms with Crippen molar-refractivity contribution >= 4 is 35.0 Å². The maximum absolute atomic E-state index is 11.6. The van der Waals surface area contributed by atoms with Crippen LogP contribution in [0.5, 0.6) is 11.5 Å². The van der Waals surface area contributed by atoms with Crippen LogP contribution in [0.4, 0.5) is 0 Å². The number of ether oxygens (including phenoxy) is 2. The van der Waals surface area contributed by atoms with Crippen molar-refractivity contribution < 1.29 is 24.2 Å². The molecule has 9 heteroatoms. The fraction of sp³-hybridized carbons (Fsp3) is 0.143. The highest BCUT2D eigenvalue weighted by Gasteiger charge is 2.24. The van der Waals surface area contributed by atoms with Gasteiger partial charge in [-0.1, -0.05) is 0 Å². The summed E-state index contributed by atoms with van der Waals surface area (Å²) in [6, 6.07) is 4.68. The number of phenolic OH excluding ortho intramolecular Hbond substituents is 1. The number of hydrogen-bond acceptors (Lipinski definition) is 8. The molecular weight excluding hydrogens is 322 g/mol. The molecule has 2 rings (SSSR count). The smallest absolute Gasteiger partial charge is 0.331 e. The zero-order chi connectivity index (χ0) is 16.8. The van der Waals surface area contributed by atoms with Gasteiger partial charge in [-0.3, -0.25) is 10.1 Å². The van der Waals surface area contributed by atoms with Crippen LogP contribution >= 0.6 is 11.8 Å². The lowest BCUT2D eigenvalue weighted by atomic mass is 10.2. The second kappa shape index (κ2) is 7.45. The van der Waals surface area contributed by atoms with E-state index in [1.54, 1.807) is 12.1 Å². The second-order valence-corrected chi connectivity index (χ2v) is 5.20. The minimum Gasteiger partial charge on any atom is -0.504 e. The highest BCUT2D eigenvalue weighted by atomic mass is 32.2. The number of thioether (sulfide) groups is 1. The van der Waals surface area contributed by atoms with Gasteiger partial charge in [-0.25, -0.2) is 4.79 Å². The van der Waals surface area contributed by atoms with Crippen molar-refractivity contribution in [1.82, 2.24) is 5.32 Å². The standard InChI is InChI=1S/C14H13N3O5S/c1-21-10-5-8(3-4-9(10)18)7-15-17-14-16-13(20)11(23-14)6-12(19)22-2/h3-7,18H,1-2H3,(H,16,17,20)/b11-6+,15-7?. The average Bonchev–Trinajstić information content (AvgIpc) is 2.88. The molecule has 0 aliphatic carbocycles. The van der Waals surface area contributed by atoms with Crippen LogP contribution in [0.25, 0.3) is 0 Å². The Balaban J connectivity index is 2.08. The van der Waals surface area contributed by atoms with Crippen LogP contribution in [0.2, 0.25) is 0 Å². The number of aromatic hydroxyl groups is 1. The first-order chi connectivity index (χ1) is 11.0. The summed E-state index contributed by atoms with van der Waals surface area (Å²) >= 11 is 0.979. The minimum absolute atomic E-state index is 0.0205. The first-order valence-electron chi connectivity index (χ1n) is 6.30. The number of methoxy groups -OCH3 is 2. The van der Waals surface area contributed by atoms with Gasteiger partial charge in [0.2, 0.25) is 0 Å². The topological polar surface area (TPSA) is 110 Å². The maximum atomic E-state index is 11.6. The van der Waals surface area contributed by atoms with Crippen LogP contribution in [0, 0.1) is 0 Å². The molecule has 0 bridgehead atoms. The van der Waals surface area contributed by atoms with E-state index in [0.29, 0.717) is 11.3 Å². The molecule has 1 heterocycles. The molecule has 0 saturated carbocycles. The molecule has 0 aromatic heterocycles. The summed E-state index contributed by atoms with van der Waals surface area (Å²) in [5, 5.41) is 19.9. The molecule has 1 aliphatic heterocycles. The van der Waals surface area contributed by atoms with Crippen LogP contribution in [-0.4, -0.2) is 42.6 Å². The first kappa shape index (κ1) is 16.6. The summed E-state index contributed by atoms with van der Waals surface area (Å²) in [6.07, 6.45) is 2.51. The van der Waals surface area contributed by atoms with E-state index in [2.05, 4.69) is 20.3 Å². The van der Waals surface area contributed by atoms with Crippen molar-refractivity contribution in [3.05, 3.63) is 34.7 Å². The second-order valence-electron chi connectivity index (χ2n) is 4.17. The lowest BCUT2D eigenvalue weighted by molar-refractivity contribution is -0.135. The Labute approximate surface area is 135 Å². The van der Waals surface area contributed by atoms with E-state index in [0.717, 1.165) is 17.8 Å². The Kier molecular flexibility index (Phi) is 5.36. The maximum Gasteiger partial charge on any atom is 0.331 e. The van der Waals surface area contributed by atoms with Crippen molar-refractivity contribution in [2.75, 3.05) is 14.2 Å². The Morgan fingerprint density at radius 2 is 2.17 bits per heavy atom. The quantitative estimate of drug-likeness (QED) is 0.368. The van der Waals surface area contributed by atoms with E-state index in [1.165, 1.54) is 26.5 Å². The van der Waals surface area contributed by atoms with Crippen LogP contribution in [0.15, 0.2) is 39.4 Å². The third-order valence-corrected chi connectivity index (χ3v) is 3.56. The van der Waals surface area contributed by atoms with Crippen molar-refractivity contribution in [3.8, 4) is 11.5 Å². The summed E-state index contributed by atoms with van der Waals surface area (Å²) in [6.45, 7) is 0. The number of amides is 1. The van der Waals surface area contributed by atoms with E-state index in [1.807, 2.05) is 0 Å². The SMILES string of the molecule is COC(=O)/C=C1/S/C(=N\N=Cc2ccc(O)c(OC)c2)NC1=O. The number of hydrogen-bond donors (Lipinski definition) is 2. The van der Waals surface area contributed by atoms with Gasteiger partial charge in [0.05, 0.1) is 25.3 Å². The van der Waals surface area contributed by atoms with E-state index in [9.17, 15) is 14.7 Å². The summed E-state index contributed by atoms with van der Waals surface area (Å²) in [4.78, 5) is 22.9. The molecule has 120 valence electrons. The molecule has 1 fully saturated rings. The van der Waals surface area contributed by atoms with Crippen molar-refractivity contribution in [2.24, 2.45) is 10.2 Å². The number of carbonyl (C=O) groups excluding carboxylic acids is 2. The normalized spacial score (nSPS) is 17.7. The first-order valence-corrected chi connectivity index (χ1v) is 7.12. The molecule has 1 aromatic carbocycles. The summed E-state index contributed by atoms with van der Waals surface area (Å²) in [5.41, 5.74) is 0.656. The molecule has 0 unspecified atom stereocenters. The predicted molar refractivity (Wildman–Crippen MR) is 85.5 cm³/mol. The molecule has 0 spiro atoms. The van der Waals surface area contributed by atoms with Gasteiger partial charge in [-0.2, -0.15) is 5.10 Å². The summed E-state index contributed by atoms with van der Waals surface area (Å²) in [7, 11) is 2.66. The van der Waals surface area contributed by atoms with E-state index in [-0.39, 0.29) is 15.8 Å². The van der Waals surface area contributed by atoms with Crippen molar-refractivity contribution in [3.63, 3.8) is 0 Å². The van der Waals surface area contributed by atoms with E-state index in [4.69, 9.17) is 4.74 Å². The zero-order valence-electron chi connectivity index (χ0n) is 12.3. The fourth-order valence-corrected chi connectivity index (χ4v) is 2.30. The number of phenols is 1. The molecule has 1 aliphatic rings. The molecule has 0 atom stereocenters. The van der Waals surface area contributed by atoms with Crippen LogP contribution < -0.4 is 10.1 Å². The predicted octanol–water partition coefficient (Wildman–Crippen LogP) is 1.01. The van der Waals surface area contributed by atoms with Gasteiger partial charge in [0.15, 0.2) is 16.7 Å². The highest BCUT2D eigenvalue weighted by molar-refractivity contribution is 8.18. The van der Waals surface area contributed by atoms with Crippen molar-refractivity contribution in [1.29, 1.82) is 0 Å². The third-order valence-electron chi connectivity index (χ3n) is 2.66. The molecule has 0 radical (unpaired) electrons. The summed E-state index contributed by atoms with van der Waals surface area (Å²) < 4.78 is 9.44. The van der Waals surface area contributed by atoms with E-state index < -0.39 is 11.9 Å². The molecule has 2 N–H and O–H groups in total. The number of amidine groups is 1. The lowest BCUT2D eigenvalue weighted by Crippen LogP contribution is -2.19. The van der Waals surface area contributed by atoms with Gasteiger partial charge in [-0.15, -0.1) is 5.10 Å². The van der Waals surface area contributed by atoms with Gasteiger partial charge < -0.3 is 14.6 Å². The monoisotopic (exact) mass is 335 g/mol. The van der Waals surface area contributed by atoms with Crippen LogP contribution in [0.1, 0.15) is 5.56 Å². The number of rotatable bonds is 4. The molecular formula is C14H13N3O5S. The van der Waals surface area contributed by atoms with E-state index >= 15 is 0 Å². The van der Waals surface area contributed by atoms with Gasteiger partial charge in [-0.05, 0) is 35.5 Å². The zero-order valence-corrected chi connectivity index (χ0v) is 13.1. The Hall–Kier alpha value is -2.81. The van der Waals surface area contributed by atoms with Gasteiger partial charge in [0.1, 0.15) is 0 Å². The largest absolute Gasteiger partial charge is 0.504 e. The molecule has 8 nitrogen and oxygen atoms in total. The van der Waals surface area contributed by atoms with Crippen LogP contribution in [0.3, 0.4) is 0 Å². The number of carbonyl (C=O) groups is 2. The number of benzene rings is 1. The van der Waals surface area contributed by atoms with Gasteiger partial charge in [0.25, 0.3) is 5.91 Å². The third kappa shape index (κ3) is 4.33. The Morgan fingerprint density at radius 3 is 2.87 bits per heavy atom. The highest BCUT2D eigenvalue weighted by Crippen LogP contribution is 2.26.